The average molecular weight is 148 g/mol. The Balaban J connectivity index is 3.02. The lowest BCUT2D eigenvalue weighted by Crippen LogP contribution is -2.06. The second kappa shape index (κ2) is 2.69. The van der Waals surface area contributed by atoms with Crippen LogP contribution in [0.25, 0.3) is 0 Å². The number of hydrogen-bond donors (Lipinski definition) is 0. The molecule has 0 aromatic carbocycles. The SMILES string of the molecule is C/C=C\C1=C(C)C=CC1(C)C. The Morgan fingerprint density at radius 3 is 2.36 bits per heavy atom. The largest absolute Gasteiger partial charge is 0.0873 e. The maximum atomic E-state index is 2.26. The van der Waals surface area contributed by atoms with Gasteiger partial charge in [0.15, 0.2) is 0 Å². The third kappa shape index (κ3) is 1.45. The second-order valence-corrected chi connectivity index (χ2v) is 3.65. The lowest BCUT2D eigenvalue weighted by atomic mass is 9.86. The summed E-state index contributed by atoms with van der Waals surface area (Å²) in [7, 11) is 0. The second-order valence-electron chi connectivity index (χ2n) is 3.65. The maximum absolute atomic E-state index is 2.26. The van der Waals surface area contributed by atoms with Gasteiger partial charge in [-0.25, -0.2) is 0 Å². The zero-order valence-electron chi connectivity index (χ0n) is 7.81. The minimum Gasteiger partial charge on any atom is -0.0873 e. The summed E-state index contributed by atoms with van der Waals surface area (Å²) in [5, 5.41) is 0. The van der Waals surface area contributed by atoms with E-state index in [1.807, 2.05) is 0 Å². The van der Waals surface area contributed by atoms with Gasteiger partial charge in [0.25, 0.3) is 0 Å². The van der Waals surface area contributed by atoms with Crippen molar-refractivity contribution >= 4 is 0 Å². The van der Waals surface area contributed by atoms with Crippen molar-refractivity contribution in [1.29, 1.82) is 0 Å². The first-order chi connectivity index (χ1) is 5.08. The van der Waals surface area contributed by atoms with Gasteiger partial charge in [-0.05, 0) is 25.0 Å². The molecule has 0 amide bonds. The van der Waals surface area contributed by atoms with Crippen LogP contribution in [0.3, 0.4) is 0 Å². The summed E-state index contributed by atoms with van der Waals surface area (Å²) in [4.78, 5) is 0. The first-order valence-corrected chi connectivity index (χ1v) is 4.11. The third-order valence-electron chi connectivity index (χ3n) is 2.20. The van der Waals surface area contributed by atoms with Crippen LogP contribution < -0.4 is 0 Å². The van der Waals surface area contributed by atoms with Crippen molar-refractivity contribution in [3.8, 4) is 0 Å². The molecule has 0 heteroatoms. The molecular formula is C11H16. The van der Waals surface area contributed by atoms with E-state index in [2.05, 4.69) is 52.0 Å². The van der Waals surface area contributed by atoms with Crippen LogP contribution in [-0.2, 0) is 0 Å². The van der Waals surface area contributed by atoms with Crippen molar-refractivity contribution in [2.24, 2.45) is 5.41 Å². The monoisotopic (exact) mass is 148 g/mol. The zero-order chi connectivity index (χ0) is 8.48. The molecule has 0 N–H and O–H groups in total. The molecule has 1 rings (SSSR count). The van der Waals surface area contributed by atoms with Crippen molar-refractivity contribution in [3.63, 3.8) is 0 Å². The van der Waals surface area contributed by atoms with Gasteiger partial charge in [0.1, 0.15) is 0 Å². The summed E-state index contributed by atoms with van der Waals surface area (Å²) < 4.78 is 0. The van der Waals surface area contributed by atoms with Gasteiger partial charge < -0.3 is 0 Å². The van der Waals surface area contributed by atoms with Crippen molar-refractivity contribution < 1.29 is 0 Å². The summed E-state index contributed by atoms with van der Waals surface area (Å²) in [6.07, 6.45) is 8.77. The summed E-state index contributed by atoms with van der Waals surface area (Å²) in [6, 6.07) is 0. The van der Waals surface area contributed by atoms with Gasteiger partial charge in [0.2, 0.25) is 0 Å². The van der Waals surface area contributed by atoms with Crippen molar-refractivity contribution in [2.45, 2.75) is 27.7 Å². The van der Waals surface area contributed by atoms with Crippen LogP contribution >= 0.6 is 0 Å². The molecule has 60 valence electrons. The molecule has 0 aromatic heterocycles. The lowest BCUT2D eigenvalue weighted by Gasteiger charge is -2.18. The molecule has 0 unspecified atom stereocenters. The van der Waals surface area contributed by atoms with E-state index in [9.17, 15) is 0 Å². The molecule has 0 spiro atoms. The first-order valence-electron chi connectivity index (χ1n) is 4.11. The lowest BCUT2D eigenvalue weighted by molar-refractivity contribution is 0.604. The quantitative estimate of drug-likeness (QED) is 0.534. The Morgan fingerprint density at radius 1 is 1.36 bits per heavy atom. The van der Waals surface area contributed by atoms with E-state index in [0.29, 0.717) is 0 Å². The van der Waals surface area contributed by atoms with Gasteiger partial charge in [-0.2, -0.15) is 0 Å². The highest BCUT2D eigenvalue weighted by Crippen LogP contribution is 2.36. The van der Waals surface area contributed by atoms with Gasteiger partial charge in [0, 0.05) is 5.41 Å². The molecular weight excluding hydrogens is 132 g/mol. The van der Waals surface area contributed by atoms with Crippen molar-refractivity contribution in [1.82, 2.24) is 0 Å². The Kier molecular flexibility index (Phi) is 2.03. The smallest absolute Gasteiger partial charge is 0.00810 e. The molecule has 0 aromatic rings. The topological polar surface area (TPSA) is 0 Å². The van der Waals surface area contributed by atoms with Gasteiger partial charge in [0.05, 0.1) is 0 Å². The standard InChI is InChI=1S/C11H16/c1-5-6-10-9(2)7-8-11(10,3)4/h5-8H,1-4H3/b6-5-. The molecule has 0 heterocycles. The van der Waals surface area contributed by atoms with E-state index in [-0.39, 0.29) is 5.41 Å². The Bertz CT molecular complexity index is 237. The Morgan fingerprint density at radius 2 is 2.00 bits per heavy atom. The van der Waals surface area contributed by atoms with Gasteiger partial charge >= 0.3 is 0 Å². The fraction of sp³-hybridized carbons (Fsp3) is 0.455. The fourth-order valence-electron chi connectivity index (χ4n) is 1.53. The summed E-state index contributed by atoms with van der Waals surface area (Å²) in [5.41, 5.74) is 3.09. The van der Waals surface area contributed by atoms with Crippen molar-refractivity contribution in [3.05, 3.63) is 35.5 Å². The van der Waals surface area contributed by atoms with Gasteiger partial charge in [-0.3, -0.25) is 0 Å². The van der Waals surface area contributed by atoms with Crippen LogP contribution in [0.4, 0.5) is 0 Å². The average Bonchev–Trinajstić information content (AvgIpc) is 2.16. The van der Waals surface area contributed by atoms with E-state index in [1.54, 1.807) is 0 Å². The number of rotatable bonds is 1. The molecule has 11 heavy (non-hydrogen) atoms. The normalized spacial score (nSPS) is 22.2. The van der Waals surface area contributed by atoms with E-state index in [4.69, 9.17) is 0 Å². The van der Waals surface area contributed by atoms with Gasteiger partial charge in [-0.15, -0.1) is 0 Å². The molecule has 0 aliphatic heterocycles. The first kappa shape index (κ1) is 8.32. The zero-order valence-corrected chi connectivity index (χ0v) is 7.81. The van der Waals surface area contributed by atoms with E-state index < -0.39 is 0 Å². The summed E-state index contributed by atoms with van der Waals surface area (Å²) >= 11 is 0. The summed E-state index contributed by atoms with van der Waals surface area (Å²) in [6.45, 7) is 8.72. The molecule has 0 atom stereocenters. The van der Waals surface area contributed by atoms with Crippen LogP contribution in [-0.4, -0.2) is 0 Å². The molecule has 0 fully saturated rings. The molecule has 1 aliphatic carbocycles. The third-order valence-corrected chi connectivity index (χ3v) is 2.20. The minimum atomic E-state index is 0.247. The molecule has 1 aliphatic rings. The van der Waals surface area contributed by atoms with Crippen LogP contribution in [0.1, 0.15) is 27.7 Å². The highest BCUT2D eigenvalue weighted by atomic mass is 14.3. The molecule has 0 radical (unpaired) electrons. The molecule has 0 nitrogen and oxygen atoms in total. The molecule has 0 saturated carbocycles. The van der Waals surface area contributed by atoms with Gasteiger partial charge in [-0.1, -0.05) is 38.2 Å². The van der Waals surface area contributed by atoms with Crippen LogP contribution in [0.15, 0.2) is 35.5 Å². The Labute approximate surface area is 69.3 Å². The number of allylic oxidation sites excluding steroid dienone is 6. The number of hydrogen-bond acceptors (Lipinski definition) is 0. The maximum Gasteiger partial charge on any atom is 0.00810 e. The van der Waals surface area contributed by atoms with E-state index in [1.165, 1.54) is 11.1 Å². The fourth-order valence-corrected chi connectivity index (χ4v) is 1.53. The highest BCUT2D eigenvalue weighted by molar-refractivity contribution is 5.44. The predicted molar refractivity (Wildman–Crippen MR) is 50.4 cm³/mol. The molecule has 0 saturated heterocycles. The molecule has 0 bridgehead atoms. The van der Waals surface area contributed by atoms with E-state index in [0.717, 1.165) is 0 Å². The van der Waals surface area contributed by atoms with E-state index >= 15 is 0 Å². The summed E-state index contributed by atoms with van der Waals surface area (Å²) in [5.74, 6) is 0. The predicted octanol–water partition coefficient (Wildman–Crippen LogP) is 3.48. The minimum absolute atomic E-state index is 0.247. The van der Waals surface area contributed by atoms with Crippen LogP contribution in [0.5, 0.6) is 0 Å². The Hall–Kier alpha value is -0.780. The van der Waals surface area contributed by atoms with Crippen LogP contribution in [0, 0.1) is 5.41 Å². The highest BCUT2D eigenvalue weighted by Gasteiger charge is 2.23. The van der Waals surface area contributed by atoms with Crippen LogP contribution in [0.2, 0.25) is 0 Å². The van der Waals surface area contributed by atoms with Crippen molar-refractivity contribution in [2.75, 3.05) is 0 Å².